The number of amides is 2. The fourth-order valence-corrected chi connectivity index (χ4v) is 2.52. The zero-order chi connectivity index (χ0) is 15.2. The second-order valence-electron chi connectivity index (χ2n) is 5.28. The molecule has 2 rings (SSSR count). The van der Waals surface area contributed by atoms with Crippen LogP contribution in [0.25, 0.3) is 10.9 Å². The van der Waals surface area contributed by atoms with Crippen LogP contribution in [0.15, 0.2) is 24.3 Å². The molecule has 0 radical (unpaired) electrons. The minimum absolute atomic E-state index is 0.00447. The minimum atomic E-state index is -0.156. The van der Waals surface area contributed by atoms with Crippen LogP contribution in [0, 0.1) is 6.92 Å². The number of hydrogen-bond donors (Lipinski definition) is 3. The van der Waals surface area contributed by atoms with E-state index in [-0.39, 0.29) is 12.1 Å². The number of rotatable bonds is 6. The van der Waals surface area contributed by atoms with Crippen molar-refractivity contribution in [2.24, 2.45) is 0 Å². The number of carbonyl (C=O) groups excluding carboxylic acids is 1. The number of carbonyl (C=O) groups is 1. The number of para-hydroxylation sites is 1. The lowest BCUT2D eigenvalue weighted by molar-refractivity contribution is 0.171. The number of hydrogen-bond acceptors (Lipinski definition) is 2. The molecule has 5 nitrogen and oxygen atoms in total. The van der Waals surface area contributed by atoms with Crippen molar-refractivity contribution in [3.63, 3.8) is 0 Å². The smallest absolute Gasteiger partial charge is 0.315 e. The molecule has 1 unspecified atom stereocenters. The van der Waals surface area contributed by atoms with Crippen molar-refractivity contribution in [2.45, 2.75) is 26.3 Å². The van der Waals surface area contributed by atoms with Crippen LogP contribution in [-0.2, 0) is 11.2 Å². The number of aryl methyl sites for hydroxylation is 1. The molecule has 1 atom stereocenters. The molecule has 1 heterocycles. The first-order valence-corrected chi connectivity index (χ1v) is 7.21. The highest BCUT2D eigenvalue weighted by atomic mass is 16.5. The molecule has 114 valence electrons. The van der Waals surface area contributed by atoms with Gasteiger partial charge in [-0.3, -0.25) is 0 Å². The van der Waals surface area contributed by atoms with Crippen LogP contribution in [0.2, 0.25) is 0 Å². The zero-order valence-corrected chi connectivity index (χ0v) is 12.8. The van der Waals surface area contributed by atoms with E-state index in [1.165, 1.54) is 10.9 Å². The molecule has 0 spiro atoms. The number of methoxy groups -OCH3 is 1. The van der Waals surface area contributed by atoms with Gasteiger partial charge >= 0.3 is 6.03 Å². The molecule has 1 aromatic carbocycles. The first-order valence-electron chi connectivity index (χ1n) is 7.21. The summed E-state index contributed by atoms with van der Waals surface area (Å²) < 4.78 is 4.99. The van der Waals surface area contributed by atoms with E-state index in [0.717, 1.165) is 17.6 Å². The maximum absolute atomic E-state index is 11.7. The van der Waals surface area contributed by atoms with Gasteiger partial charge in [-0.15, -0.1) is 0 Å². The van der Waals surface area contributed by atoms with Crippen molar-refractivity contribution in [2.75, 3.05) is 20.3 Å². The van der Waals surface area contributed by atoms with E-state index in [4.69, 9.17) is 4.74 Å². The average Bonchev–Trinajstić information content (AvgIpc) is 2.75. The second-order valence-corrected chi connectivity index (χ2v) is 5.28. The molecule has 2 aromatic rings. The summed E-state index contributed by atoms with van der Waals surface area (Å²) in [5.74, 6) is 0. The molecule has 0 bridgehead atoms. The van der Waals surface area contributed by atoms with Gasteiger partial charge in [0.05, 0.1) is 12.6 Å². The molecule has 0 aliphatic rings. The fraction of sp³-hybridized carbons (Fsp3) is 0.438. The molecule has 5 heteroatoms. The van der Waals surface area contributed by atoms with Gasteiger partial charge in [-0.2, -0.15) is 0 Å². The van der Waals surface area contributed by atoms with Crippen molar-refractivity contribution in [3.05, 3.63) is 35.5 Å². The molecule has 0 saturated carbocycles. The van der Waals surface area contributed by atoms with Crippen LogP contribution in [0.5, 0.6) is 0 Å². The monoisotopic (exact) mass is 289 g/mol. The van der Waals surface area contributed by atoms with E-state index in [9.17, 15) is 4.79 Å². The third-order valence-corrected chi connectivity index (χ3v) is 3.48. The number of nitrogens with one attached hydrogen (secondary N) is 3. The Morgan fingerprint density at radius 1 is 1.38 bits per heavy atom. The van der Waals surface area contributed by atoms with E-state index in [0.29, 0.717) is 13.2 Å². The van der Waals surface area contributed by atoms with Gasteiger partial charge in [-0.1, -0.05) is 18.2 Å². The van der Waals surface area contributed by atoms with Crippen LogP contribution in [0.4, 0.5) is 4.79 Å². The van der Waals surface area contributed by atoms with E-state index in [1.807, 2.05) is 19.1 Å². The van der Waals surface area contributed by atoms with E-state index in [1.54, 1.807) is 7.11 Å². The highest BCUT2D eigenvalue weighted by Crippen LogP contribution is 2.21. The van der Waals surface area contributed by atoms with Gasteiger partial charge in [-0.05, 0) is 31.9 Å². The first kappa shape index (κ1) is 15.4. The van der Waals surface area contributed by atoms with Gasteiger partial charge in [-0.25, -0.2) is 4.79 Å². The Morgan fingerprint density at radius 3 is 2.90 bits per heavy atom. The molecule has 0 fully saturated rings. The normalized spacial score (nSPS) is 12.3. The number of benzene rings is 1. The van der Waals surface area contributed by atoms with Crippen molar-refractivity contribution < 1.29 is 9.53 Å². The summed E-state index contributed by atoms with van der Waals surface area (Å²) in [4.78, 5) is 15.1. The number of fused-ring (bicyclic) bond motifs is 1. The van der Waals surface area contributed by atoms with Crippen LogP contribution < -0.4 is 10.6 Å². The highest BCUT2D eigenvalue weighted by molar-refractivity contribution is 5.84. The molecule has 2 amide bonds. The summed E-state index contributed by atoms with van der Waals surface area (Å²) in [6.07, 6.45) is 0.807. The lowest BCUT2D eigenvalue weighted by Crippen LogP contribution is -2.43. The fourth-order valence-electron chi connectivity index (χ4n) is 2.52. The van der Waals surface area contributed by atoms with E-state index in [2.05, 4.69) is 34.7 Å². The first-order chi connectivity index (χ1) is 10.1. The van der Waals surface area contributed by atoms with Crippen LogP contribution in [0.1, 0.15) is 18.2 Å². The SMILES string of the molecule is COCC(C)NC(=O)NCCc1c(C)[nH]c2ccccc12. The third-order valence-electron chi connectivity index (χ3n) is 3.48. The molecular weight excluding hydrogens is 266 g/mol. The van der Waals surface area contributed by atoms with Gasteiger partial charge < -0.3 is 20.4 Å². The summed E-state index contributed by atoms with van der Waals surface area (Å²) >= 11 is 0. The summed E-state index contributed by atoms with van der Waals surface area (Å²) in [6.45, 7) is 5.09. The van der Waals surface area contributed by atoms with Crippen molar-refractivity contribution >= 4 is 16.9 Å². The lowest BCUT2D eigenvalue weighted by atomic mass is 10.1. The van der Waals surface area contributed by atoms with E-state index >= 15 is 0 Å². The van der Waals surface area contributed by atoms with E-state index < -0.39 is 0 Å². The van der Waals surface area contributed by atoms with Gasteiger partial charge in [0.2, 0.25) is 0 Å². The predicted molar refractivity (Wildman–Crippen MR) is 84.6 cm³/mol. The van der Waals surface area contributed by atoms with Crippen molar-refractivity contribution in [1.82, 2.24) is 15.6 Å². The van der Waals surface area contributed by atoms with Gasteiger partial charge in [0.1, 0.15) is 0 Å². The van der Waals surface area contributed by atoms with Crippen LogP contribution in [0.3, 0.4) is 0 Å². The van der Waals surface area contributed by atoms with Crippen molar-refractivity contribution in [3.8, 4) is 0 Å². The largest absolute Gasteiger partial charge is 0.383 e. The molecular formula is C16H23N3O2. The molecule has 0 aliphatic carbocycles. The molecule has 1 aromatic heterocycles. The highest BCUT2D eigenvalue weighted by Gasteiger charge is 2.09. The Hall–Kier alpha value is -2.01. The van der Waals surface area contributed by atoms with Gasteiger partial charge in [0, 0.05) is 30.3 Å². The zero-order valence-electron chi connectivity index (χ0n) is 12.8. The minimum Gasteiger partial charge on any atom is -0.383 e. The number of H-pyrrole nitrogens is 1. The molecule has 0 saturated heterocycles. The Kier molecular flexibility index (Phi) is 5.22. The number of aromatic nitrogens is 1. The standard InChI is InChI=1S/C16H23N3O2/c1-11(10-21-3)18-16(20)17-9-8-13-12(2)19-15-7-5-4-6-14(13)15/h4-7,11,19H,8-10H2,1-3H3,(H2,17,18,20). The topological polar surface area (TPSA) is 66.2 Å². The Balaban J connectivity index is 1.88. The van der Waals surface area contributed by atoms with Crippen LogP contribution in [-0.4, -0.2) is 37.3 Å². The summed E-state index contributed by atoms with van der Waals surface area (Å²) in [7, 11) is 1.62. The second kappa shape index (κ2) is 7.13. The molecule has 21 heavy (non-hydrogen) atoms. The Labute approximate surface area is 125 Å². The number of ether oxygens (including phenoxy) is 1. The molecule has 0 aliphatic heterocycles. The van der Waals surface area contributed by atoms with Gasteiger partial charge in [0.25, 0.3) is 0 Å². The Bertz CT molecular complexity index is 607. The summed E-state index contributed by atoms with van der Waals surface area (Å²) in [5, 5.41) is 6.94. The average molecular weight is 289 g/mol. The lowest BCUT2D eigenvalue weighted by Gasteiger charge is -2.13. The third kappa shape index (κ3) is 3.98. The quantitative estimate of drug-likeness (QED) is 0.764. The maximum atomic E-state index is 11.7. The van der Waals surface area contributed by atoms with Gasteiger partial charge in [0.15, 0.2) is 0 Å². The molecule has 3 N–H and O–H groups in total. The van der Waals surface area contributed by atoms with Crippen molar-refractivity contribution in [1.29, 1.82) is 0 Å². The number of aromatic amines is 1. The predicted octanol–water partition coefficient (Wildman–Crippen LogP) is 2.35. The Morgan fingerprint density at radius 2 is 2.14 bits per heavy atom. The number of urea groups is 1. The summed E-state index contributed by atoms with van der Waals surface area (Å²) in [6, 6.07) is 8.08. The van der Waals surface area contributed by atoms with Crippen LogP contribution >= 0.6 is 0 Å². The summed E-state index contributed by atoms with van der Waals surface area (Å²) in [5.41, 5.74) is 3.56. The maximum Gasteiger partial charge on any atom is 0.315 e.